The van der Waals surface area contributed by atoms with Crippen LogP contribution in [0.4, 0.5) is 5.82 Å². The molecule has 0 bridgehead atoms. The van der Waals surface area contributed by atoms with E-state index in [1.54, 1.807) is 0 Å². The Morgan fingerprint density at radius 3 is 2.62 bits per heavy atom. The van der Waals surface area contributed by atoms with Gasteiger partial charge in [0.25, 0.3) is 0 Å². The molecule has 0 aliphatic heterocycles. The molecule has 4 heteroatoms. The summed E-state index contributed by atoms with van der Waals surface area (Å²) in [5.74, 6) is 2.53. The van der Waals surface area contributed by atoms with E-state index in [1.165, 1.54) is 0 Å². The minimum atomic E-state index is 0.158. The van der Waals surface area contributed by atoms with E-state index in [0.29, 0.717) is 0 Å². The molecule has 0 unspecified atom stereocenters. The van der Waals surface area contributed by atoms with Crippen molar-refractivity contribution >= 4 is 5.82 Å². The van der Waals surface area contributed by atoms with Crippen molar-refractivity contribution < 1.29 is 4.74 Å². The van der Waals surface area contributed by atoms with Gasteiger partial charge in [-0.25, -0.2) is 9.97 Å². The highest BCUT2D eigenvalue weighted by Gasteiger charge is 2.11. The second-order valence-electron chi connectivity index (χ2n) is 5.32. The molecule has 1 aromatic carbocycles. The molecule has 0 aliphatic carbocycles. The maximum atomic E-state index is 5.77. The van der Waals surface area contributed by atoms with Gasteiger partial charge in [0.1, 0.15) is 17.4 Å². The van der Waals surface area contributed by atoms with Gasteiger partial charge in [0.15, 0.2) is 0 Å². The van der Waals surface area contributed by atoms with E-state index in [-0.39, 0.29) is 6.10 Å². The zero-order valence-electron chi connectivity index (χ0n) is 13.4. The average Bonchev–Trinajstić information content (AvgIpc) is 2.42. The fourth-order valence-electron chi connectivity index (χ4n) is 2.24. The molecule has 1 heterocycles. The predicted molar refractivity (Wildman–Crippen MR) is 86.9 cm³/mol. The van der Waals surface area contributed by atoms with Gasteiger partial charge in [-0.3, -0.25) is 0 Å². The molecular weight excluding hydrogens is 262 g/mol. The molecule has 0 atom stereocenters. The van der Waals surface area contributed by atoms with Crippen molar-refractivity contribution in [3.63, 3.8) is 0 Å². The van der Waals surface area contributed by atoms with Gasteiger partial charge < -0.3 is 10.1 Å². The Kier molecular flexibility index (Phi) is 4.78. The van der Waals surface area contributed by atoms with Gasteiger partial charge in [-0.05, 0) is 46.8 Å². The number of hydrogen-bond acceptors (Lipinski definition) is 4. The molecule has 0 radical (unpaired) electrons. The van der Waals surface area contributed by atoms with Crippen LogP contribution >= 0.6 is 0 Å². The first-order valence-electron chi connectivity index (χ1n) is 7.37. The second kappa shape index (κ2) is 6.57. The van der Waals surface area contributed by atoms with Crippen LogP contribution in [0.25, 0.3) is 11.3 Å². The van der Waals surface area contributed by atoms with E-state index in [4.69, 9.17) is 4.74 Å². The molecule has 2 aromatic rings. The smallest absolute Gasteiger partial charge is 0.133 e. The molecule has 0 aliphatic rings. The Balaban J connectivity index is 2.46. The van der Waals surface area contributed by atoms with Crippen molar-refractivity contribution in [3.05, 3.63) is 35.7 Å². The van der Waals surface area contributed by atoms with E-state index in [2.05, 4.69) is 28.3 Å². The Morgan fingerprint density at radius 1 is 1.19 bits per heavy atom. The van der Waals surface area contributed by atoms with Gasteiger partial charge in [0, 0.05) is 17.7 Å². The molecule has 0 fully saturated rings. The Hall–Kier alpha value is -2.10. The van der Waals surface area contributed by atoms with Crippen molar-refractivity contribution in [3.8, 4) is 17.0 Å². The van der Waals surface area contributed by atoms with Crippen LogP contribution in [0.1, 0.15) is 32.2 Å². The minimum absolute atomic E-state index is 0.158. The predicted octanol–water partition coefficient (Wildman–Crippen LogP) is 3.98. The second-order valence-corrected chi connectivity index (χ2v) is 5.32. The summed E-state index contributed by atoms with van der Waals surface area (Å²) in [4.78, 5) is 9.07. The lowest BCUT2D eigenvalue weighted by Gasteiger charge is -2.14. The highest BCUT2D eigenvalue weighted by molar-refractivity contribution is 5.69. The number of nitrogens with zero attached hydrogens (tertiary/aromatic N) is 2. The lowest BCUT2D eigenvalue weighted by Crippen LogP contribution is -2.07. The largest absolute Gasteiger partial charge is 0.491 e. The standard InChI is InChI=1S/C17H23N3O/c1-6-18-17-12(4)16(19-13(5)20-17)14-8-7-9-15(10-14)21-11(2)3/h7-11H,6H2,1-5H3,(H,18,19,20). The summed E-state index contributed by atoms with van der Waals surface area (Å²) in [5.41, 5.74) is 3.06. The molecule has 4 nitrogen and oxygen atoms in total. The Bertz CT molecular complexity index is 623. The van der Waals surface area contributed by atoms with Gasteiger partial charge in [-0.2, -0.15) is 0 Å². The van der Waals surface area contributed by atoms with Crippen LogP contribution < -0.4 is 10.1 Å². The lowest BCUT2D eigenvalue weighted by molar-refractivity contribution is 0.242. The molecule has 0 saturated heterocycles. The molecule has 2 rings (SSSR count). The summed E-state index contributed by atoms with van der Waals surface area (Å²) in [5, 5.41) is 3.29. The summed E-state index contributed by atoms with van der Waals surface area (Å²) in [6.07, 6.45) is 0.158. The first kappa shape index (κ1) is 15.3. The molecule has 1 N–H and O–H groups in total. The zero-order valence-corrected chi connectivity index (χ0v) is 13.4. The van der Waals surface area contributed by atoms with Crippen LogP contribution in [-0.2, 0) is 0 Å². The van der Waals surface area contributed by atoms with Crippen LogP contribution in [0, 0.1) is 13.8 Å². The van der Waals surface area contributed by atoms with Crippen LogP contribution in [0.15, 0.2) is 24.3 Å². The zero-order chi connectivity index (χ0) is 15.4. The van der Waals surface area contributed by atoms with Crippen molar-refractivity contribution in [2.45, 2.75) is 40.7 Å². The van der Waals surface area contributed by atoms with Crippen molar-refractivity contribution in [1.29, 1.82) is 0 Å². The highest BCUT2D eigenvalue weighted by Crippen LogP contribution is 2.28. The van der Waals surface area contributed by atoms with Crippen LogP contribution in [-0.4, -0.2) is 22.6 Å². The normalized spacial score (nSPS) is 10.8. The summed E-state index contributed by atoms with van der Waals surface area (Å²) in [7, 11) is 0. The van der Waals surface area contributed by atoms with Crippen molar-refractivity contribution in [2.75, 3.05) is 11.9 Å². The number of ether oxygens (including phenoxy) is 1. The average molecular weight is 285 g/mol. The number of hydrogen-bond donors (Lipinski definition) is 1. The summed E-state index contributed by atoms with van der Waals surface area (Å²) in [6, 6.07) is 8.05. The number of benzene rings is 1. The number of aryl methyl sites for hydroxylation is 1. The van der Waals surface area contributed by atoms with Gasteiger partial charge in [0.2, 0.25) is 0 Å². The Labute approximate surface area is 126 Å². The summed E-state index contributed by atoms with van der Waals surface area (Å²) in [6.45, 7) is 10.9. The highest BCUT2D eigenvalue weighted by atomic mass is 16.5. The summed E-state index contributed by atoms with van der Waals surface area (Å²) < 4.78 is 5.77. The number of anilines is 1. The maximum Gasteiger partial charge on any atom is 0.133 e. The van der Waals surface area contributed by atoms with E-state index in [1.807, 2.05) is 45.9 Å². The van der Waals surface area contributed by atoms with Crippen LogP contribution in [0.2, 0.25) is 0 Å². The topological polar surface area (TPSA) is 47.0 Å². The van der Waals surface area contributed by atoms with Gasteiger partial charge >= 0.3 is 0 Å². The lowest BCUT2D eigenvalue weighted by atomic mass is 10.1. The van der Waals surface area contributed by atoms with Gasteiger partial charge in [-0.1, -0.05) is 12.1 Å². The first-order valence-corrected chi connectivity index (χ1v) is 7.37. The van der Waals surface area contributed by atoms with Crippen LogP contribution in [0.5, 0.6) is 5.75 Å². The third kappa shape index (κ3) is 3.72. The number of nitrogens with one attached hydrogen (secondary N) is 1. The first-order chi connectivity index (χ1) is 10.0. The number of aromatic nitrogens is 2. The maximum absolute atomic E-state index is 5.77. The quantitative estimate of drug-likeness (QED) is 0.902. The van der Waals surface area contributed by atoms with Crippen LogP contribution in [0.3, 0.4) is 0 Å². The Morgan fingerprint density at radius 2 is 1.95 bits per heavy atom. The SMILES string of the molecule is CCNc1nc(C)nc(-c2cccc(OC(C)C)c2)c1C. The van der Waals surface area contributed by atoms with Crippen molar-refractivity contribution in [2.24, 2.45) is 0 Å². The molecule has 0 saturated carbocycles. The van der Waals surface area contributed by atoms with Gasteiger partial charge in [-0.15, -0.1) is 0 Å². The molecule has 0 spiro atoms. The third-order valence-electron chi connectivity index (χ3n) is 3.08. The molecular formula is C17H23N3O. The molecule has 0 amide bonds. The van der Waals surface area contributed by atoms with E-state index in [0.717, 1.165) is 40.8 Å². The monoisotopic (exact) mass is 285 g/mol. The van der Waals surface area contributed by atoms with Gasteiger partial charge in [0.05, 0.1) is 11.8 Å². The van der Waals surface area contributed by atoms with E-state index < -0.39 is 0 Å². The minimum Gasteiger partial charge on any atom is -0.491 e. The number of rotatable bonds is 5. The summed E-state index contributed by atoms with van der Waals surface area (Å²) >= 11 is 0. The van der Waals surface area contributed by atoms with E-state index >= 15 is 0 Å². The molecule has 21 heavy (non-hydrogen) atoms. The molecule has 112 valence electrons. The fourth-order valence-corrected chi connectivity index (χ4v) is 2.24. The van der Waals surface area contributed by atoms with Crippen molar-refractivity contribution in [1.82, 2.24) is 9.97 Å². The van der Waals surface area contributed by atoms with E-state index in [9.17, 15) is 0 Å². The molecule has 1 aromatic heterocycles. The fraction of sp³-hybridized carbons (Fsp3) is 0.412. The third-order valence-corrected chi connectivity index (χ3v) is 3.08.